The molecule has 0 saturated heterocycles. The summed E-state index contributed by atoms with van der Waals surface area (Å²) >= 11 is 0. The Morgan fingerprint density at radius 1 is 1.10 bits per heavy atom. The summed E-state index contributed by atoms with van der Waals surface area (Å²) in [7, 11) is 3.87. The van der Waals surface area contributed by atoms with Gasteiger partial charge in [0.05, 0.1) is 7.11 Å². The van der Waals surface area contributed by atoms with Gasteiger partial charge in [-0.1, -0.05) is 51.2 Å². The highest BCUT2D eigenvalue weighted by molar-refractivity contribution is 5.27. The van der Waals surface area contributed by atoms with Crippen LogP contribution in [0.5, 0.6) is 5.75 Å². The van der Waals surface area contributed by atoms with Crippen molar-refractivity contribution in [2.75, 3.05) is 20.7 Å². The minimum Gasteiger partial charge on any atom is -0.497 e. The van der Waals surface area contributed by atoms with Gasteiger partial charge < -0.3 is 10.5 Å². The van der Waals surface area contributed by atoms with E-state index in [0.717, 1.165) is 18.8 Å². The molecule has 0 fully saturated rings. The van der Waals surface area contributed by atoms with Crippen LogP contribution in [0.15, 0.2) is 24.3 Å². The van der Waals surface area contributed by atoms with Crippen LogP contribution in [0.25, 0.3) is 0 Å². The van der Waals surface area contributed by atoms with Gasteiger partial charge in [0.25, 0.3) is 0 Å². The summed E-state index contributed by atoms with van der Waals surface area (Å²) in [5, 5.41) is 0. The Morgan fingerprint density at radius 2 is 1.76 bits per heavy atom. The van der Waals surface area contributed by atoms with Crippen LogP contribution >= 0.6 is 0 Å². The normalized spacial score (nSPS) is 12.6. The van der Waals surface area contributed by atoms with Gasteiger partial charge in [-0.05, 0) is 31.2 Å². The highest BCUT2D eigenvalue weighted by atomic mass is 16.5. The predicted octanol–water partition coefficient (Wildman–Crippen LogP) is 3.81. The lowest BCUT2D eigenvalue weighted by atomic mass is 10.0. The number of methoxy groups -OCH3 is 1. The molecule has 1 atom stereocenters. The SMILES string of the molecule is CCCCCCCC(CN)N(C)Cc1ccc(OC)cc1. The Balaban J connectivity index is 2.37. The molecule has 0 spiro atoms. The fourth-order valence-electron chi connectivity index (χ4n) is 2.65. The average Bonchev–Trinajstić information content (AvgIpc) is 2.51. The van der Waals surface area contributed by atoms with Gasteiger partial charge in [0, 0.05) is 19.1 Å². The molecule has 0 aliphatic rings. The fraction of sp³-hybridized carbons (Fsp3) is 0.667. The standard InChI is InChI=1S/C18H32N2O/c1-4-5-6-7-8-9-17(14-19)20(2)15-16-10-12-18(21-3)13-11-16/h10-13,17H,4-9,14-15,19H2,1-3H3. The van der Waals surface area contributed by atoms with E-state index in [1.54, 1.807) is 7.11 Å². The molecular formula is C18H32N2O. The molecular weight excluding hydrogens is 260 g/mol. The number of likely N-dealkylation sites (N-methyl/N-ethyl adjacent to an activating group) is 1. The highest BCUT2D eigenvalue weighted by Crippen LogP contribution is 2.15. The van der Waals surface area contributed by atoms with E-state index in [2.05, 4.69) is 31.0 Å². The van der Waals surface area contributed by atoms with Gasteiger partial charge >= 0.3 is 0 Å². The smallest absolute Gasteiger partial charge is 0.118 e. The van der Waals surface area contributed by atoms with E-state index in [1.807, 2.05) is 12.1 Å². The van der Waals surface area contributed by atoms with Crippen molar-refractivity contribution in [3.8, 4) is 5.75 Å². The van der Waals surface area contributed by atoms with Crippen LogP contribution in [0.4, 0.5) is 0 Å². The lowest BCUT2D eigenvalue weighted by Gasteiger charge is -2.27. The number of hydrogen-bond donors (Lipinski definition) is 1. The minimum absolute atomic E-state index is 0.480. The van der Waals surface area contributed by atoms with E-state index in [4.69, 9.17) is 10.5 Å². The van der Waals surface area contributed by atoms with Gasteiger partial charge in [-0.2, -0.15) is 0 Å². The molecule has 0 saturated carbocycles. The van der Waals surface area contributed by atoms with E-state index in [0.29, 0.717) is 6.04 Å². The summed E-state index contributed by atoms with van der Waals surface area (Å²) in [4.78, 5) is 2.38. The van der Waals surface area contributed by atoms with Crippen LogP contribution in [0.3, 0.4) is 0 Å². The maximum absolute atomic E-state index is 5.95. The first-order valence-corrected chi connectivity index (χ1v) is 8.24. The summed E-state index contributed by atoms with van der Waals surface area (Å²) in [6.07, 6.45) is 7.84. The zero-order chi connectivity index (χ0) is 15.5. The Bertz CT molecular complexity index is 364. The van der Waals surface area contributed by atoms with Crippen molar-refractivity contribution >= 4 is 0 Å². The number of benzene rings is 1. The second-order valence-electron chi connectivity index (χ2n) is 5.86. The van der Waals surface area contributed by atoms with Crippen LogP contribution in [0, 0.1) is 0 Å². The Morgan fingerprint density at radius 3 is 2.33 bits per heavy atom. The maximum Gasteiger partial charge on any atom is 0.118 e. The number of nitrogens with zero attached hydrogens (tertiary/aromatic N) is 1. The number of nitrogens with two attached hydrogens (primary N) is 1. The van der Waals surface area contributed by atoms with E-state index < -0.39 is 0 Å². The summed E-state index contributed by atoms with van der Waals surface area (Å²) in [5.41, 5.74) is 7.26. The lowest BCUT2D eigenvalue weighted by molar-refractivity contribution is 0.222. The number of rotatable bonds is 11. The zero-order valence-electron chi connectivity index (χ0n) is 14.0. The monoisotopic (exact) mass is 292 g/mol. The lowest BCUT2D eigenvalue weighted by Crippen LogP contribution is -2.37. The molecule has 1 rings (SSSR count). The van der Waals surface area contributed by atoms with Gasteiger partial charge in [0.1, 0.15) is 5.75 Å². The first-order valence-electron chi connectivity index (χ1n) is 8.24. The molecule has 0 radical (unpaired) electrons. The third-order valence-corrected chi connectivity index (χ3v) is 4.13. The van der Waals surface area contributed by atoms with Crippen LogP contribution < -0.4 is 10.5 Å². The molecule has 0 aliphatic heterocycles. The quantitative estimate of drug-likeness (QED) is 0.630. The third kappa shape index (κ3) is 6.96. The van der Waals surface area contributed by atoms with Crippen LogP contribution in [-0.4, -0.2) is 31.6 Å². The second kappa shape index (κ2) is 10.6. The Labute approximate surface area is 130 Å². The molecule has 0 bridgehead atoms. The molecule has 3 nitrogen and oxygen atoms in total. The Hall–Kier alpha value is -1.06. The van der Waals surface area contributed by atoms with E-state index in [1.165, 1.54) is 44.1 Å². The first kappa shape index (κ1) is 18.0. The number of ether oxygens (including phenoxy) is 1. The fourth-order valence-corrected chi connectivity index (χ4v) is 2.65. The van der Waals surface area contributed by atoms with E-state index >= 15 is 0 Å². The molecule has 0 amide bonds. The second-order valence-corrected chi connectivity index (χ2v) is 5.86. The molecule has 1 aromatic carbocycles. The van der Waals surface area contributed by atoms with Crippen LogP contribution in [0.2, 0.25) is 0 Å². The number of unbranched alkanes of at least 4 members (excludes halogenated alkanes) is 4. The molecule has 3 heteroatoms. The van der Waals surface area contributed by atoms with Crippen LogP contribution in [0.1, 0.15) is 51.0 Å². The number of hydrogen-bond acceptors (Lipinski definition) is 3. The van der Waals surface area contributed by atoms with Gasteiger partial charge in [-0.25, -0.2) is 0 Å². The van der Waals surface area contributed by atoms with Crippen molar-refractivity contribution in [1.82, 2.24) is 4.90 Å². The largest absolute Gasteiger partial charge is 0.497 e. The van der Waals surface area contributed by atoms with Crippen LogP contribution in [-0.2, 0) is 6.54 Å². The van der Waals surface area contributed by atoms with Crippen molar-refractivity contribution in [3.63, 3.8) is 0 Å². The zero-order valence-corrected chi connectivity index (χ0v) is 14.0. The molecule has 0 aliphatic carbocycles. The van der Waals surface area contributed by atoms with Crippen molar-refractivity contribution in [2.45, 2.75) is 58.0 Å². The van der Waals surface area contributed by atoms with E-state index in [-0.39, 0.29) is 0 Å². The van der Waals surface area contributed by atoms with Crippen molar-refractivity contribution in [3.05, 3.63) is 29.8 Å². The van der Waals surface area contributed by atoms with E-state index in [9.17, 15) is 0 Å². The summed E-state index contributed by atoms with van der Waals surface area (Å²) < 4.78 is 5.19. The van der Waals surface area contributed by atoms with Gasteiger partial charge in [0.15, 0.2) is 0 Å². The predicted molar refractivity (Wildman–Crippen MR) is 90.7 cm³/mol. The van der Waals surface area contributed by atoms with Gasteiger partial charge in [-0.3, -0.25) is 4.90 Å². The summed E-state index contributed by atoms with van der Waals surface area (Å²) in [6, 6.07) is 8.78. The summed E-state index contributed by atoms with van der Waals surface area (Å²) in [5.74, 6) is 0.910. The highest BCUT2D eigenvalue weighted by Gasteiger charge is 2.13. The molecule has 0 heterocycles. The molecule has 1 aromatic rings. The minimum atomic E-state index is 0.480. The Kier molecular flexibility index (Phi) is 9.11. The van der Waals surface area contributed by atoms with Gasteiger partial charge in [-0.15, -0.1) is 0 Å². The summed E-state index contributed by atoms with van der Waals surface area (Å²) in [6.45, 7) is 3.94. The molecule has 21 heavy (non-hydrogen) atoms. The van der Waals surface area contributed by atoms with Crippen molar-refractivity contribution < 1.29 is 4.74 Å². The molecule has 0 aromatic heterocycles. The molecule has 120 valence electrons. The molecule has 2 N–H and O–H groups in total. The first-order chi connectivity index (χ1) is 10.2. The van der Waals surface area contributed by atoms with Gasteiger partial charge in [0.2, 0.25) is 0 Å². The topological polar surface area (TPSA) is 38.5 Å². The maximum atomic E-state index is 5.95. The molecule has 1 unspecified atom stereocenters. The third-order valence-electron chi connectivity index (χ3n) is 4.13. The average molecular weight is 292 g/mol. The van der Waals surface area contributed by atoms with Crippen molar-refractivity contribution in [2.24, 2.45) is 5.73 Å². The van der Waals surface area contributed by atoms with Crippen molar-refractivity contribution in [1.29, 1.82) is 0 Å².